The molecule has 98 valence electrons. The third kappa shape index (κ3) is 2.98. The molecular formula is C12H10ClFN4O. The first kappa shape index (κ1) is 13.3. The number of aromatic nitrogens is 1. The maximum atomic E-state index is 13.6. The molecule has 2 rings (SSSR count). The molecule has 7 heteroatoms. The Morgan fingerprint density at radius 3 is 2.74 bits per heavy atom. The number of nitrogens with two attached hydrogens (primary N) is 1. The molecule has 0 saturated carbocycles. The number of nitrogens with one attached hydrogen (secondary N) is 2. The molecule has 1 aromatic heterocycles. The number of hydrazine groups is 1. The van der Waals surface area contributed by atoms with Crippen LogP contribution in [0.4, 0.5) is 15.9 Å². The van der Waals surface area contributed by atoms with E-state index in [1.165, 1.54) is 24.3 Å². The zero-order chi connectivity index (χ0) is 13.8. The first-order chi connectivity index (χ1) is 9.11. The van der Waals surface area contributed by atoms with Gasteiger partial charge in [-0.15, -0.1) is 0 Å². The molecule has 0 saturated heterocycles. The SMILES string of the molecule is NNc1cccc(C(=O)Nc2cccc(Cl)c2F)n1. The van der Waals surface area contributed by atoms with Gasteiger partial charge in [0.1, 0.15) is 11.5 Å². The predicted molar refractivity (Wildman–Crippen MR) is 71.4 cm³/mol. The Kier molecular flexibility index (Phi) is 3.94. The molecule has 1 heterocycles. The molecule has 0 atom stereocenters. The summed E-state index contributed by atoms with van der Waals surface area (Å²) in [5, 5.41) is 2.32. The number of hydrogen-bond donors (Lipinski definition) is 3. The maximum Gasteiger partial charge on any atom is 0.274 e. The molecule has 5 nitrogen and oxygen atoms in total. The third-order valence-electron chi connectivity index (χ3n) is 2.33. The number of benzene rings is 1. The van der Waals surface area contributed by atoms with Crippen molar-refractivity contribution in [2.75, 3.05) is 10.7 Å². The van der Waals surface area contributed by atoms with Gasteiger partial charge in [0.2, 0.25) is 0 Å². The highest BCUT2D eigenvalue weighted by Crippen LogP contribution is 2.22. The van der Waals surface area contributed by atoms with Crippen LogP contribution >= 0.6 is 11.6 Å². The second kappa shape index (κ2) is 5.64. The lowest BCUT2D eigenvalue weighted by Crippen LogP contribution is -2.16. The Balaban J connectivity index is 2.23. The molecule has 0 unspecified atom stereocenters. The summed E-state index contributed by atoms with van der Waals surface area (Å²) in [7, 11) is 0. The van der Waals surface area contributed by atoms with Crippen LogP contribution in [0.1, 0.15) is 10.5 Å². The third-order valence-corrected chi connectivity index (χ3v) is 2.62. The number of carbonyl (C=O) groups is 1. The van der Waals surface area contributed by atoms with Crippen molar-refractivity contribution in [1.29, 1.82) is 0 Å². The van der Waals surface area contributed by atoms with E-state index in [1.54, 1.807) is 12.1 Å². The van der Waals surface area contributed by atoms with Crippen molar-refractivity contribution in [2.24, 2.45) is 5.84 Å². The minimum atomic E-state index is -0.689. The minimum Gasteiger partial charge on any atom is -0.318 e. The van der Waals surface area contributed by atoms with E-state index in [0.717, 1.165) is 0 Å². The fourth-order valence-electron chi connectivity index (χ4n) is 1.43. The van der Waals surface area contributed by atoms with Gasteiger partial charge in [-0.25, -0.2) is 15.2 Å². The van der Waals surface area contributed by atoms with Crippen LogP contribution in [0.3, 0.4) is 0 Å². The Morgan fingerprint density at radius 1 is 1.26 bits per heavy atom. The van der Waals surface area contributed by atoms with E-state index in [1.807, 2.05) is 0 Å². The van der Waals surface area contributed by atoms with Gasteiger partial charge in [-0.1, -0.05) is 23.7 Å². The molecular weight excluding hydrogens is 271 g/mol. The van der Waals surface area contributed by atoms with Crippen LogP contribution < -0.4 is 16.6 Å². The van der Waals surface area contributed by atoms with Crippen molar-refractivity contribution in [2.45, 2.75) is 0 Å². The van der Waals surface area contributed by atoms with E-state index in [9.17, 15) is 9.18 Å². The second-order valence-electron chi connectivity index (χ2n) is 3.61. The number of halogens is 2. The van der Waals surface area contributed by atoms with Gasteiger partial charge in [0.05, 0.1) is 10.7 Å². The van der Waals surface area contributed by atoms with Crippen molar-refractivity contribution >= 4 is 29.0 Å². The number of hydrogen-bond acceptors (Lipinski definition) is 4. The van der Waals surface area contributed by atoms with E-state index < -0.39 is 11.7 Å². The largest absolute Gasteiger partial charge is 0.318 e. The van der Waals surface area contributed by atoms with Gasteiger partial charge in [-0.2, -0.15) is 0 Å². The van der Waals surface area contributed by atoms with Crippen molar-refractivity contribution in [3.05, 3.63) is 52.9 Å². The van der Waals surface area contributed by atoms with Crippen molar-refractivity contribution in [3.63, 3.8) is 0 Å². The highest BCUT2D eigenvalue weighted by Gasteiger charge is 2.12. The van der Waals surface area contributed by atoms with Gasteiger partial charge in [-0.3, -0.25) is 4.79 Å². The normalized spacial score (nSPS) is 10.1. The highest BCUT2D eigenvalue weighted by molar-refractivity contribution is 6.31. The van der Waals surface area contributed by atoms with Crippen molar-refractivity contribution < 1.29 is 9.18 Å². The molecule has 1 aromatic carbocycles. The number of pyridine rings is 1. The van der Waals surface area contributed by atoms with E-state index in [-0.39, 0.29) is 16.4 Å². The Morgan fingerprint density at radius 2 is 2.00 bits per heavy atom. The summed E-state index contributed by atoms with van der Waals surface area (Å²) in [5.41, 5.74) is 2.42. The Labute approximate surface area is 113 Å². The van der Waals surface area contributed by atoms with Gasteiger partial charge in [0, 0.05) is 0 Å². The van der Waals surface area contributed by atoms with Gasteiger partial charge in [0.15, 0.2) is 5.82 Å². The van der Waals surface area contributed by atoms with Crippen LogP contribution in [-0.4, -0.2) is 10.9 Å². The number of amides is 1. The van der Waals surface area contributed by atoms with Gasteiger partial charge in [-0.05, 0) is 24.3 Å². The highest BCUT2D eigenvalue weighted by atomic mass is 35.5. The summed E-state index contributed by atoms with van der Waals surface area (Å²) in [4.78, 5) is 15.8. The van der Waals surface area contributed by atoms with Crippen LogP contribution in [-0.2, 0) is 0 Å². The standard InChI is InChI=1S/C12H10ClFN4O/c13-7-3-1-4-8(11(7)14)17-12(19)9-5-2-6-10(16-9)18-15/h1-6H,15H2,(H,16,18)(H,17,19). The van der Waals surface area contributed by atoms with Gasteiger partial charge >= 0.3 is 0 Å². The van der Waals surface area contributed by atoms with E-state index in [4.69, 9.17) is 17.4 Å². The molecule has 0 aliphatic carbocycles. The van der Waals surface area contributed by atoms with Crippen LogP contribution in [0.25, 0.3) is 0 Å². The summed E-state index contributed by atoms with van der Waals surface area (Å²) in [6.07, 6.45) is 0. The number of nitrogens with zero attached hydrogens (tertiary/aromatic N) is 1. The summed E-state index contributed by atoms with van der Waals surface area (Å²) in [5.74, 6) is 4.28. The zero-order valence-corrected chi connectivity index (χ0v) is 10.4. The lowest BCUT2D eigenvalue weighted by molar-refractivity contribution is 0.102. The fraction of sp³-hybridized carbons (Fsp3) is 0. The van der Waals surface area contributed by atoms with Gasteiger partial charge in [0.25, 0.3) is 5.91 Å². The number of nitrogen functional groups attached to an aromatic ring is 1. The fourth-order valence-corrected chi connectivity index (χ4v) is 1.60. The molecule has 0 spiro atoms. The van der Waals surface area contributed by atoms with Crippen LogP contribution in [0.2, 0.25) is 5.02 Å². The number of anilines is 2. The molecule has 0 radical (unpaired) electrons. The lowest BCUT2D eigenvalue weighted by Gasteiger charge is -2.07. The molecule has 1 amide bonds. The summed E-state index contributed by atoms with van der Waals surface area (Å²) >= 11 is 5.62. The summed E-state index contributed by atoms with van der Waals surface area (Å²) in [6, 6.07) is 9.01. The van der Waals surface area contributed by atoms with E-state index in [2.05, 4.69) is 15.7 Å². The number of carbonyl (C=O) groups excluding carboxylic acids is 1. The van der Waals surface area contributed by atoms with Crippen molar-refractivity contribution in [1.82, 2.24) is 4.98 Å². The first-order valence-electron chi connectivity index (χ1n) is 5.31. The first-order valence-corrected chi connectivity index (χ1v) is 5.68. The predicted octanol–water partition coefficient (Wildman–Crippen LogP) is 2.41. The number of rotatable bonds is 3. The van der Waals surface area contributed by atoms with Crippen LogP contribution in [0.5, 0.6) is 0 Å². The van der Waals surface area contributed by atoms with E-state index >= 15 is 0 Å². The van der Waals surface area contributed by atoms with Crippen LogP contribution in [0.15, 0.2) is 36.4 Å². The smallest absolute Gasteiger partial charge is 0.274 e. The quantitative estimate of drug-likeness (QED) is 0.596. The topological polar surface area (TPSA) is 80.0 Å². The molecule has 2 aromatic rings. The average molecular weight is 281 g/mol. The molecule has 0 fully saturated rings. The Hall–Kier alpha value is -2.18. The molecule has 4 N–H and O–H groups in total. The molecule has 19 heavy (non-hydrogen) atoms. The van der Waals surface area contributed by atoms with Crippen molar-refractivity contribution in [3.8, 4) is 0 Å². The lowest BCUT2D eigenvalue weighted by atomic mass is 10.2. The van der Waals surface area contributed by atoms with E-state index in [0.29, 0.717) is 5.82 Å². The second-order valence-corrected chi connectivity index (χ2v) is 4.02. The zero-order valence-electron chi connectivity index (χ0n) is 9.65. The Bertz CT molecular complexity index is 620. The summed E-state index contributed by atoms with van der Waals surface area (Å²) in [6.45, 7) is 0. The van der Waals surface area contributed by atoms with Gasteiger partial charge < -0.3 is 10.7 Å². The van der Waals surface area contributed by atoms with Crippen LogP contribution in [0, 0.1) is 5.82 Å². The minimum absolute atomic E-state index is 0.00888. The monoisotopic (exact) mass is 280 g/mol. The average Bonchev–Trinajstić information content (AvgIpc) is 2.44. The molecule has 0 aliphatic rings. The molecule has 0 aliphatic heterocycles. The summed E-state index contributed by atoms with van der Waals surface area (Å²) < 4.78 is 13.6. The maximum absolute atomic E-state index is 13.6. The molecule has 0 bridgehead atoms.